The van der Waals surface area contributed by atoms with Crippen molar-refractivity contribution in [3.05, 3.63) is 35.9 Å². The van der Waals surface area contributed by atoms with Gasteiger partial charge in [0.1, 0.15) is 0 Å². The number of carbonyl (C=O) groups is 1. The Kier molecular flexibility index (Phi) is 6.24. The number of benzene rings is 1. The highest BCUT2D eigenvalue weighted by Gasteiger charge is 2.24. The number of β-amino-alcohol motifs (C(OH)–C–C–N with tert-alkyl or cyclic N) is 1. The average molecular weight is 332 g/mol. The Labute approximate surface area is 144 Å². The van der Waals surface area contributed by atoms with Gasteiger partial charge in [-0.15, -0.1) is 0 Å². The van der Waals surface area contributed by atoms with Gasteiger partial charge in [-0.25, -0.2) is 0 Å². The third kappa shape index (κ3) is 4.79. The van der Waals surface area contributed by atoms with Crippen molar-refractivity contribution in [1.29, 1.82) is 0 Å². The molecule has 3 rings (SSSR count). The molecule has 0 aliphatic carbocycles. The van der Waals surface area contributed by atoms with E-state index in [9.17, 15) is 9.90 Å². The summed E-state index contributed by atoms with van der Waals surface area (Å²) in [4.78, 5) is 16.5. The molecule has 5 heteroatoms. The number of hydrogen-bond donors (Lipinski definition) is 1. The minimum atomic E-state index is -0.465. The predicted molar refractivity (Wildman–Crippen MR) is 92.6 cm³/mol. The lowest BCUT2D eigenvalue weighted by molar-refractivity contribution is -0.133. The lowest BCUT2D eigenvalue weighted by atomic mass is 10.1. The van der Waals surface area contributed by atoms with Crippen LogP contribution in [0.1, 0.15) is 37.4 Å². The summed E-state index contributed by atoms with van der Waals surface area (Å²) in [6.45, 7) is 4.64. The average Bonchev–Trinajstić information content (AvgIpc) is 3.14. The first-order chi connectivity index (χ1) is 11.7. The van der Waals surface area contributed by atoms with E-state index < -0.39 is 6.10 Å². The fraction of sp³-hybridized carbons (Fsp3) is 0.632. The number of rotatable bonds is 6. The zero-order valence-corrected chi connectivity index (χ0v) is 14.3. The molecule has 132 valence electrons. The molecule has 0 saturated carbocycles. The third-order valence-corrected chi connectivity index (χ3v) is 5.04. The molecule has 1 amide bonds. The third-order valence-electron chi connectivity index (χ3n) is 5.04. The van der Waals surface area contributed by atoms with Crippen LogP contribution >= 0.6 is 0 Å². The van der Waals surface area contributed by atoms with Gasteiger partial charge in [0.15, 0.2) is 0 Å². The topological polar surface area (TPSA) is 53.0 Å². The minimum absolute atomic E-state index is 0.244. The molecule has 2 heterocycles. The van der Waals surface area contributed by atoms with Crippen molar-refractivity contribution in [3.63, 3.8) is 0 Å². The van der Waals surface area contributed by atoms with E-state index in [2.05, 4.69) is 4.90 Å². The summed E-state index contributed by atoms with van der Waals surface area (Å²) in [5.74, 6) is 0.244. The fourth-order valence-electron chi connectivity index (χ4n) is 3.52. The van der Waals surface area contributed by atoms with Crippen LogP contribution in [0.4, 0.5) is 0 Å². The van der Waals surface area contributed by atoms with Gasteiger partial charge in [0, 0.05) is 45.8 Å². The van der Waals surface area contributed by atoms with Gasteiger partial charge >= 0.3 is 0 Å². The van der Waals surface area contributed by atoms with Crippen molar-refractivity contribution in [3.8, 4) is 0 Å². The van der Waals surface area contributed by atoms with E-state index in [1.54, 1.807) is 0 Å². The fourth-order valence-corrected chi connectivity index (χ4v) is 3.52. The summed E-state index contributed by atoms with van der Waals surface area (Å²) >= 11 is 0. The van der Waals surface area contributed by atoms with E-state index in [1.165, 1.54) is 0 Å². The Morgan fingerprint density at radius 2 is 1.96 bits per heavy atom. The van der Waals surface area contributed by atoms with Crippen molar-refractivity contribution in [2.75, 3.05) is 39.3 Å². The Morgan fingerprint density at radius 1 is 1.21 bits per heavy atom. The van der Waals surface area contributed by atoms with E-state index in [0.717, 1.165) is 57.6 Å². The van der Waals surface area contributed by atoms with Gasteiger partial charge in [-0.05, 0) is 24.8 Å². The molecule has 5 nitrogen and oxygen atoms in total. The van der Waals surface area contributed by atoms with Crippen LogP contribution in [0.25, 0.3) is 0 Å². The molecule has 2 fully saturated rings. The van der Waals surface area contributed by atoms with Gasteiger partial charge in [0.25, 0.3) is 0 Å². The van der Waals surface area contributed by atoms with Crippen molar-refractivity contribution in [1.82, 2.24) is 9.80 Å². The van der Waals surface area contributed by atoms with Crippen LogP contribution in [0.5, 0.6) is 0 Å². The van der Waals surface area contributed by atoms with Crippen molar-refractivity contribution in [2.24, 2.45) is 0 Å². The van der Waals surface area contributed by atoms with Crippen LogP contribution in [0, 0.1) is 0 Å². The summed E-state index contributed by atoms with van der Waals surface area (Å²) in [5, 5.41) is 10.3. The first kappa shape index (κ1) is 17.4. The van der Waals surface area contributed by atoms with Gasteiger partial charge in [-0.1, -0.05) is 30.3 Å². The summed E-state index contributed by atoms with van der Waals surface area (Å²) in [7, 11) is 0. The highest BCUT2D eigenvalue weighted by Crippen LogP contribution is 2.18. The molecule has 1 aromatic carbocycles. The molecule has 0 radical (unpaired) electrons. The minimum Gasteiger partial charge on any atom is -0.387 e. The second kappa shape index (κ2) is 8.60. The lowest BCUT2D eigenvalue weighted by Gasteiger charge is -2.35. The Balaban J connectivity index is 1.38. The van der Waals surface area contributed by atoms with Gasteiger partial charge in [-0.2, -0.15) is 0 Å². The van der Waals surface area contributed by atoms with E-state index in [1.807, 2.05) is 35.2 Å². The second-order valence-electron chi connectivity index (χ2n) is 6.78. The quantitative estimate of drug-likeness (QED) is 0.863. The second-order valence-corrected chi connectivity index (χ2v) is 6.78. The molecule has 0 aromatic heterocycles. The molecular formula is C19H28N2O3. The van der Waals surface area contributed by atoms with Gasteiger partial charge in [-0.3, -0.25) is 9.69 Å². The molecule has 2 saturated heterocycles. The first-order valence-electron chi connectivity index (χ1n) is 9.07. The summed E-state index contributed by atoms with van der Waals surface area (Å²) in [6.07, 6.45) is 3.49. The maximum Gasteiger partial charge on any atom is 0.222 e. The van der Waals surface area contributed by atoms with Crippen LogP contribution < -0.4 is 0 Å². The Morgan fingerprint density at radius 3 is 2.62 bits per heavy atom. The molecule has 2 aliphatic rings. The largest absolute Gasteiger partial charge is 0.387 e. The Hall–Kier alpha value is -1.43. The van der Waals surface area contributed by atoms with Crippen LogP contribution in [-0.2, 0) is 9.53 Å². The normalized spacial score (nSPS) is 23.4. The smallest absolute Gasteiger partial charge is 0.222 e. The molecule has 0 bridgehead atoms. The van der Waals surface area contributed by atoms with Crippen molar-refractivity contribution < 1.29 is 14.6 Å². The SMILES string of the molecule is O=C(CCC1CCCO1)N1CCN(CC(O)c2ccccc2)CC1. The molecular weight excluding hydrogens is 304 g/mol. The van der Waals surface area contributed by atoms with E-state index in [4.69, 9.17) is 4.74 Å². The van der Waals surface area contributed by atoms with Gasteiger partial charge in [0.2, 0.25) is 5.91 Å². The van der Waals surface area contributed by atoms with E-state index in [0.29, 0.717) is 13.0 Å². The molecule has 0 spiro atoms. The maximum absolute atomic E-state index is 12.3. The number of aliphatic hydroxyl groups is 1. The predicted octanol–water partition coefficient (Wildman–Crippen LogP) is 1.82. The van der Waals surface area contributed by atoms with Gasteiger partial charge in [0.05, 0.1) is 12.2 Å². The van der Waals surface area contributed by atoms with E-state index in [-0.39, 0.29) is 12.0 Å². The van der Waals surface area contributed by atoms with Crippen LogP contribution in [-0.4, -0.2) is 66.2 Å². The van der Waals surface area contributed by atoms with Gasteiger partial charge < -0.3 is 14.7 Å². The zero-order valence-electron chi connectivity index (χ0n) is 14.3. The number of piperazine rings is 1. The van der Waals surface area contributed by atoms with E-state index >= 15 is 0 Å². The summed E-state index contributed by atoms with van der Waals surface area (Å²) in [5.41, 5.74) is 0.951. The van der Waals surface area contributed by atoms with Crippen LogP contribution in [0.2, 0.25) is 0 Å². The summed E-state index contributed by atoms with van der Waals surface area (Å²) < 4.78 is 5.59. The van der Waals surface area contributed by atoms with Crippen molar-refractivity contribution in [2.45, 2.75) is 37.9 Å². The van der Waals surface area contributed by atoms with Crippen LogP contribution in [0.3, 0.4) is 0 Å². The molecule has 1 aromatic rings. The highest BCUT2D eigenvalue weighted by molar-refractivity contribution is 5.76. The Bertz CT molecular complexity index is 509. The number of nitrogens with zero attached hydrogens (tertiary/aromatic N) is 2. The maximum atomic E-state index is 12.3. The molecule has 2 atom stereocenters. The standard InChI is InChI=1S/C19H28N2O3/c22-18(16-5-2-1-3-6-16)15-20-10-12-21(13-11-20)19(23)9-8-17-7-4-14-24-17/h1-3,5-6,17-18,22H,4,7-15H2. The molecule has 1 N–H and O–H groups in total. The molecule has 24 heavy (non-hydrogen) atoms. The monoisotopic (exact) mass is 332 g/mol. The van der Waals surface area contributed by atoms with Crippen molar-refractivity contribution >= 4 is 5.91 Å². The zero-order chi connectivity index (χ0) is 16.8. The highest BCUT2D eigenvalue weighted by atomic mass is 16.5. The number of ether oxygens (including phenoxy) is 1. The summed E-state index contributed by atoms with van der Waals surface area (Å²) in [6, 6.07) is 9.76. The number of amides is 1. The lowest BCUT2D eigenvalue weighted by Crippen LogP contribution is -2.49. The number of aliphatic hydroxyl groups excluding tert-OH is 1. The first-order valence-corrected chi connectivity index (χ1v) is 9.07. The molecule has 2 aliphatic heterocycles. The molecule has 2 unspecified atom stereocenters. The number of hydrogen-bond acceptors (Lipinski definition) is 4. The number of carbonyl (C=O) groups excluding carboxylic acids is 1. The van der Waals surface area contributed by atoms with Crippen LogP contribution in [0.15, 0.2) is 30.3 Å².